The quantitative estimate of drug-likeness (QED) is 0.0693. The summed E-state index contributed by atoms with van der Waals surface area (Å²) in [6.45, 7) is 19.1. The zero-order chi connectivity index (χ0) is 35.0. The van der Waals surface area contributed by atoms with Crippen molar-refractivity contribution in [3.8, 4) is 11.1 Å². The lowest BCUT2D eigenvalue weighted by atomic mass is 10.00. The third-order valence-corrected chi connectivity index (χ3v) is 13.6. The Labute approximate surface area is 288 Å². The van der Waals surface area contributed by atoms with Gasteiger partial charge in [0.05, 0.1) is 17.8 Å². The largest absolute Gasteiger partial charge is 0.360 e. The van der Waals surface area contributed by atoms with Gasteiger partial charge in [-0.05, 0) is 81.5 Å². The predicted octanol–water partition coefficient (Wildman–Crippen LogP) is 8.03. The molecule has 5 rings (SSSR count). The number of hydrogen-bond acceptors (Lipinski definition) is 8. The summed E-state index contributed by atoms with van der Waals surface area (Å²) < 4.78 is 43.8. The van der Waals surface area contributed by atoms with Gasteiger partial charge in [0.15, 0.2) is 0 Å². The van der Waals surface area contributed by atoms with Crippen molar-refractivity contribution in [2.24, 2.45) is 0 Å². The van der Waals surface area contributed by atoms with Gasteiger partial charge in [0.2, 0.25) is 5.88 Å². The average molecular weight is 707 g/mol. The van der Waals surface area contributed by atoms with Crippen molar-refractivity contribution < 1.29 is 17.7 Å². The first kappa shape index (κ1) is 35.7. The molecule has 9 nitrogen and oxygen atoms in total. The summed E-state index contributed by atoms with van der Waals surface area (Å²) >= 11 is 1.23. The van der Waals surface area contributed by atoms with Crippen molar-refractivity contribution in [2.45, 2.75) is 90.8 Å². The van der Waals surface area contributed by atoms with E-state index in [9.17, 15) is 13.2 Å². The molecule has 0 N–H and O–H groups in total. The maximum absolute atomic E-state index is 14.5. The molecule has 256 valence electrons. The maximum Gasteiger partial charge on any atom is 0.278 e. The molecule has 0 aliphatic heterocycles. The van der Waals surface area contributed by atoms with Gasteiger partial charge in [-0.1, -0.05) is 56.8 Å². The number of hydrogen-bond donors (Lipinski definition) is 0. The molecule has 1 aromatic carbocycles. The molecule has 0 radical (unpaired) electrons. The maximum atomic E-state index is 14.5. The number of ether oxygens (including phenoxy) is 1. The van der Waals surface area contributed by atoms with E-state index in [1.165, 1.54) is 15.6 Å². The molecule has 0 spiro atoms. The van der Waals surface area contributed by atoms with Crippen LogP contribution in [-0.4, -0.2) is 44.5 Å². The van der Waals surface area contributed by atoms with Crippen molar-refractivity contribution >= 4 is 46.2 Å². The monoisotopic (exact) mass is 706 g/mol. The van der Waals surface area contributed by atoms with Crippen molar-refractivity contribution in [2.75, 3.05) is 17.6 Å². The highest BCUT2D eigenvalue weighted by Crippen LogP contribution is 2.40. The first-order valence-corrected chi connectivity index (χ1v) is 22.4. The first-order valence-electron chi connectivity index (χ1n) is 16.4. The molecular formula is C36H46N4O5S2Si. The Hall–Kier alpha value is -3.58. The third-order valence-electron chi connectivity index (χ3n) is 8.65. The lowest BCUT2D eigenvalue weighted by molar-refractivity contribution is 0.153. The molecule has 0 atom stereocenters. The molecule has 12 heteroatoms. The van der Waals surface area contributed by atoms with Gasteiger partial charge in [-0.15, -0.1) is 11.3 Å². The zero-order valence-corrected chi connectivity index (χ0v) is 32.1. The summed E-state index contributed by atoms with van der Waals surface area (Å²) in [6.07, 6.45) is 1.56. The van der Waals surface area contributed by atoms with E-state index < -0.39 is 18.1 Å². The number of aromatic nitrogens is 3. The zero-order valence-electron chi connectivity index (χ0n) is 29.4. The van der Waals surface area contributed by atoms with E-state index in [1.54, 1.807) is 24.5 Å². The van der Waals surface area contributed by atoms with E-state index in [0.29, 0.717) is 30.0 Å². The van der Waals surface area contributed by atoms with Gasteiger partial charge >= 0.3 is 0 Å². The van der Waals surface area contributed by atoms with Crippen LogP contribution in [0.3, 0.4) is 0 Å². The molecule has 48 heavy (non-hydrogen) atoms. The number of pyridine rings is 2. The Balaban J connectivity index is 1.52. The van der Waals surface area contributed by atoms with Crippen LogP contribution < -0.4 is 9.86 Å². The minimum atomic E-state index is -4.10. The normalized spacial score (nSPS) is 12.3. The second kappa shape index (κ2) is 14.1. The number of nitrogens with zero attached hydrogens (tertiary/aromatic N) is 4. The van der Waals surface area contributed by atoms with E-state index in [1.807, 2.05) is 50.2 Å². The molecular weight excluding hydrogens is 661 g/mol. The van der Waals surface area contributed by atoms with Crippen LogP contribution in [0.15, 0.2) is 56.0 Å². The van der Waals surface area contributed by atoms with Crippen molar-refractivity contribution in [1.29, 1.82) is 0 Å². The van der Waals surface area contributed by atoms with Crippen LogP contribution in [0.1, 0.15) is 52.5 Å². The van der Waals surface area contributed by atoms with Gasteiger partial charge in [-0.2, -0.15) is 8.42 Å². The number of fused-ring (bicyclic) bond motifs is 1. The summed E-state index contributed by atoms with van der Waals surface area (Å²) in [6, 6.07) is 14.3. The summed E-state index contributed by atoms with van der Waals surface area (Å²) in [5.41, 5.74) is 7.30. The highest BCUT2D eigenvalue weighted by molar-refractivity contribution is 7.95. The minimum Gasteiger partial charge on any atom is -0.360 e. The Morgan fingerprint density at radius 1 is 0.979 bits per heavy atom. The number of aryl methyl sites for hydroxylation is 5. The number of rotatable bonds is 13. The van der Waals surface area contributed by atoms with Gasteiger partial charge in [0.25, 0.3) is 15.6 Å². The molecule has 0 aliphatic rings. The summed E-state index contributed by atoms with van der Waals surface area (Å²) in [7, 11) is -5.49. The van der Waals surface area contributed by atoms with E-state index in [0.717, 1.165) is 62.7 Å². The Morgan fingerprint density at radius 2 is 1.73 bits per heavy atom. The smallest absolute Gasteiger partial charge is 0.278 e. The van der Waals surface area contributed by atoms with E-state index in [-0.39, 0.29) is 22.4 Å². The molecule has 4 aromatic heterocycles. The number of thiophene rings is 1. The molecule has 0 saturated heterocycles. The summed E-state index contributed by atoms with van der Waals surface area (Å²) in [5, 5.41) is 5.03. The van der Waals surface area contributed by atoms with Crippen LogP contribution in [-0.2, 0) is 34.1 Å². The molecule has 0 saturated carbocycles. The number of sulfonamides is 1. The van der Waals surface area contributed by atoms with Gasteiger partial charge < -0.3 is 13.8 Å². The molecule has 5 aromatic rings. The van der Waals surface area contributed by atoms with Gasteiger partial charge in [0, 0.05) is 53.5 Å². The van der Waals surface area contributed by atoms with Gasteiger partial charge in [-0.25, -0.2) is 4.31 Å². The second-order valence-electron chi connectivity index (χ2n) is 13.6. The van der Waals surface area contributed by atoms with Gasteiger partial charge in [0.1, 0.15) is 10.9 Å². The van der Waals surface area contributed by atoms with Crippen LogP contribution in [0.2, 0.25) is 25.7 Å². The molecule has 0 fully saturated rings. The highest BCUT2D eigenvalue weighted by atomic mass is 32.2. The van der Waals surface area contributed by atoms with Crippen LogP contribution in [0.5, 0.6) is 0 Å². The fraction of sp³-hybridized carbons (Fsp3) is 0.417. The van der Waals surface area contributed by atoms with E-state index in [4.69, 9.17) is 14.2 Å². The topological polar surface area (TPSA) is 108 Å². The number of benzene rings is 1. The van der Waals surface area contributed by atoms with Crippen molar-refractivity contribution in [3.63, 3.8) is 0 Å². The summed E-state index contributed by atoms with van der Waals surface area (Å²) in [4.78, 5) is 18.8. The van der Waals surface area contributed by atoms with Gasteiger partial charge in [-0.3, -0.25) is 9.78 Å². The highest BCUT2D eigenvalue weighted by Gasteiger charge is 2.34. The molecule has 0 amide bonds. The van der Waals surface area contributed by atoms with E-state index in [2.05, 4.69) is 38.6 Å². The van der Waals surface area contributed by atoms with E-state index >= 15 is 0 Å². The van der Waals surface area contributed by atoms with Crippen LogP contribution in [0.25, 0.3) is 22.0 Å². The van der Waals surface area contributed by atoms with Crippen LogP contribution in [0, 0.1) is 27.7 Å². The van der Waals surface area contributed by atoms with Crippen LogP contribution in [0.4, 0.5) is 5.88 Å². The van der Waals surface area contributed by atoms with Crippen molar-refractivity contribution in [1.82, 2.24) is 14.7 Å². The Bertz CT molecular complexity index is 2130. The van der Waals surface area contributed by atoms with Crippen molar-refractivity contribution in [3.05, 3.63) is 91.5 Å². The Morgan fingerprint density at radius 3 is 2.35 bits per heavy atom. The Kier molecular flexibility index (Phi) is 10.5. The SMILES string of the molecule is CCc1cc2c(ccc(=O)n2Cc2ccc(-c3cc(C)sc3S(=O)(=O)N(COCC[Si](C)(C)C)c3onc(C)c3C)c(C)c2)c(CC)n1. The molecule has 4 heterocycles. The minimum absolute atomic E-state index is 0.0773. The lowest BCUT2D eigenvalue weighted by Gasteiger charge is -2.23. The average Bonchev–Trinajstić information content (AvgIpc) is 3.58. The fourth-order valence-corrected chi connectivity index (χ4v) is 9.55. The molecule has 0 bridgehead atoms. The van der Waals surface area contributed by atoms with Crippen LogP contribution >= 0.6 is 11.3 Å². The summed E-state index contributed by atoms with van der Waals surface area (Å²) in [5.74, 6) is 0.165. The third kappa shape index (κ3) is 7.36. The fourth-order valence-electron chi connectivity index (χ4n) is 5.71. The number of anilines is 1. The lowest BCUT2D eigenvalue weighted by Crippen LogP contribution is -2.34. The predicted molar refractivity (Wildman–Crippen MR) is 198 cm³/mol. The second-order valence-corrected chi connectivity index (χ2v) is 22.5. The first-order chi connectivity index (χ1) is 22.6. The standard InChI is InChI=1S/C36H46N4O5S2Si/c1-10-28-20-33-30(32(11-2)37-28)14-15-34(41)39(33)21-27-12-13-29(23(3)18-27)31-19-24(4)46-36(31)47(42,43)40(22-44-16-17-48(7,8)9)35-25(5)26(6)38-45-35/h12-15,18-20H,10-11,16-17,21-22H2,1-9H3. The molecule has 0 unspecified atom stereocenters. The molecule has 0 aliphatic carbocycles.